The highest BCUT2D eigenvalue weighted by molar-refractivity contribution is 5.52. The molecule has 3 aliphatic carbocycles. The number of hydrogen-bond acceptors (Lipinski definition) is 1. The molecule has 0 spiro atoms. The molecule has 0 amide bonds. The SMILES string of the molecule is COc1ccc2c(c1)CCC1=C3C[C@H](C)C[C@]3(C)CC[C@]12C. The van der Waals surface area contributed by atoms with Gasteiger partial charge in [0.1, 0.15) is 5.75 Å². The molecule has 1 aromatic carbocycles. The van der Waals surface area contributed by atoms with Gasteiger partial charge in [0.25, 0.3) is 0 Å². The average Bonchev–Trinajstić information content (AvgIpc) is 2.81. The summed E-state index contributed by atoms with van der Waals surface area (Å²) < 4.78 is 5.44. The predicted molar refractivity (Wildman–Crippen MR) is 91.4 cm³/mol. The number of methoxy groups -OCH3 is 1. The van der Waals surface area contributed by atoms with Crippen molar-refractivity contribution in [2.45, 2.75) is 64.7 Å². The summed E-state index contributed by atoms with van der Waals surface area (Å²) in [6.45, 7) is 7.47. The molecule has 1 heteroatoms. The lowest BCUT2D eigenvalue weighted by Gasteiger charge is -2.48. The first-order valence-corrected chi connectivity index (χ1v) is 8.87. The third-order valence-corrected chi connectivity index (χ3v) is 6.84. The van der Waals surface area contributed by atoms with Crippen molar-refractivity contribution in [3.63, 3.8) is 0 Å². The molecule has 1 aromatic rings. The molecule has 0 saturated heterocycles. The van der Waals surface area contributed by atoms with E-state index in [1.54, 1.807) is 18.2 Å². The summed E-state index contributed by atoms with van der Waals surface area (Å²) in [6.07, 6.45) is 7.86. The van der Waals surface area contributed by atoms with Crippen LogP contribution in [-0.4, -0.2) is 7.11 Å². The molecular formula is C21H28O. The van der Waals surface area contributed by atoms with Crippen LogP contribution in [0.1, 0.15) is 64.0 Å². The van der Waals surface area contributed by atoms with Gasteiger partial charge in [-0.3, -0.25) is 0 Å². The minimum absolute atomic E-state index is 0.277. The van der Waals surface area contributed by atoms with Gasteiger partial charge in [-0.1, -0.05) is 38.0 Å². The summed E-state index contributed by atoms with van der Waals surface area (Å²) in [4.78, 5) is 0. The van der Waals surface area contributed by atoms with Crippen molar-refractivity contribution in [3.8, 4) is 5.75 Å². The number of aryl methyl sites for hydroxylation is 1. The van der Waals surface area contributed by atoms with Gasteiger partial charge in [0, 0.05) is 5.41 Å². The molecule has 1 nitrogen and oxygen atoms in total. The molecule has 0 N–H and O–H groups in total. The highest BCUT2D eigenvalue weighted by atomic mass is 16.5. The number of fused-ring (bicyclic) bond motifs is 4. The third-order valence-electron chi connectivity index (χ3n) is 6.84. The van der Waals surface area contributed by atoms with Gasteiger partial charge < -0.3 is 4.74 Å². The fourth-order valence-electron chi connectivity index (χ4n) is 5.74. The van der Waals surface area contributed by atoms with Crippen molar-refractivity contribution in [2.24, 2.45) is 11.3 Å². The summed E-state index contributed by atoms with van der Waals surface area (Å²) in [5.41, 5.74) is 7.49. The number of benzene rings is 1. The smallest absolute Gasteiger partial charge is 0.119 e. The topological polar surface area (TPSA) is 9.23 Å². The van der Waals surface area contributed by atoms with E-state index in [1.807, 2.05) is 5.57 Å². The van der Waals surface area contributed by atoms with Crippen molar-refractivity contribution in [3.05, 3.63) is 40.5 Å². The number of rotatable bonds is 1. The Labute approximate surface area is 134 Å². The first kappa shape index (κ1) is 14.4. The van der Waals surface area contributed by atoms with E-state index in [2.05, 4.69) is 39.0 Å². The second-order valence-electron chi connectivity index (χ2n) is 8.39. The molecule has 3 aliphatic rings. The molecule has 118 valence electrons. The third kappa shape index (κ3) is 1.84. The van der Waals surface area contributed by atoms with Crippen LogP contribution in [-0.2, 0) is 11.8 Å². The maximum Gasteiger partial charge on any atom is 0.119 e. The van der Waals surface area contributed by atoms with Gasteiger partial charge in [-0.05, 0) is 73.1 Å². The monoisotopic (exact) mass is 296 g/mol. The summed E-state index contributed by atoms with van der Waals surface area (Å²) in [5, 5.41) is 0. The molecule has 0 heterocycles. The molecule has 3 atom stereocenters. The van der Waals surface area contributed by atoms with Gasteiger partial charge >= 0.3 is 0 Å². The van der Waals surface area contributed by atoms with E-state index in [-0.39, 0.29) is 5.41 Å². The Kier molecular flexibility index (Phi) is 3.02. The summed E-state index contributed by atoms with van der Waals surface area (Å²) in [6, 6.07) is 6.77. The molecular weight excluding hydrogens is 268 g/mol. The van der Waals surface area contributed by atoms with Crippen LogP contribution < -0.4 is 4.74 Å². The molecule has 0 unspecified atom stereocenters. The summed E-state index contributed by atoms with van der Waals surface area (Å²) in [7, 11) is 1.77. The van der Waals surface area contributed by atoms with Gasteiger partial charge in [-0.25, -0.2) is 0 Å². The lowest BCUT2D eigenvalue weighted by atomic mass is 9.56. The largest absolute Gasteiger partial charge is 0.497 e. The minimum Gasteiger partial charge on any atom is -0.497 e. The second kappa shape index (κ2) is 4.63. The maximum atomic E-state index is 5.44. The minimum atomic E-state index is 0.277. The molecule has 0 radical (unpaired) electrons. The van der Waals surface area contributed by atoms with Crippen LogP contribution in [0.2, 0.25) is 0 Å². The van der Waals surface area contributed by atoms with E-state index >= 15 is 0 Å². The molecule has 0 aliphatic heterocycles. The molecule has 0 bridgehead atoms. The standard InChI is InChI=1S/C21H28O/c1-14-11-19-18-7-5-15-12-16(22-4)6-8-17(15)21(18,3)10-9-20(19,2)13-14/h6,8,12,14H,5,7,9-11,13H2,1-4H3/t14-,20-,21-/m0/s1. The van der Waals surface area contributed by atoms with Crippen molar-refractivity contribution < 1.29 is 4.74 Å². The zero-order valence-electron chi connectivity index (χ0n) is 14.5. The van der Waals surface area contributed by atoms with Crippen LogP contribution >= 0.6 is 0 Å². The normalized spacial score (nSPS) is 36.6. The van der Waals surface area contributed by atoms with E-state index in [0.29, 0.717) is 5.41 Å². The van der Waals surface area contributed by atoms with E-state index in [0.717, 1.165) is 11.7 Å². The van der Waals surface area contributed by atoms with Crippen LogP contribution in [0.25, 0.3) is 0 Å². The Morgan fingerprint density at radius 3 is 2.68 bits per heavy atom. The molecule has 4 rings (SSSR count). The zero-order valence-corrected chi connectivity index (χ0v) is 14.5. The van der Waals surface area contributed by atoms with Crippen LogP contribution in [0.5, 0.6) is 5.75 Å². The van der Waals surface area contributed by atoms with Gasteiger partial charge in [-0.2, -0.15) is 0 Å². The van der Waals surface area contributed by atoms with Gasteiger partial charge in [0.2, 0.25) is 0 Å². The molecule has 0 aromatic heterocycles. The van der Waals surface area contributed by atoms with Crippen LogP contribution in [0.15, 0.2) is 29.3 Å². The Hall–Kier alpha value is -1.24. The molecule has 1 fully saturated rings. The van der Waals surface area contributed by atoms with E-state index in [4.69, 9.17) is 4.74 Å². The highest BCUT2D eigenvalue weighted by Crippen LogP contribution is 2.60. The fourth-order valence-corrected chi connectivity index (χ4v) is 5.74. The van der Waals surface area contributed by atoms with Gasteiger partial charge in [-0.15, -0.1) is 0 Å². The Morgan fingerprint density at radius 2 is 1.91 bits per heavy atom. The fraction of sp³-hybridized carbons (Fsp3) is 0.619. The van der Waals surface area contributed by atoms with Crippen molar-refractivity contribution in [1.29, 1.82) is 0 Å². The van der Waals surface area contributed by atoms with Crippen LogP contribution in [0.4, 0.5) is 0 Å². The lowest BCUT2D eigenvalue weighted by molar-refractivity contribution is 0.269. The Morgan fingerprint density at radius 1 is 1.09 bits per heavy atom. The Balaban J connectivity index is 1.86. The zero-order chi connectivity index (χ0) is 15.5. The molecule has 1 saturated carbocycles. The summed E-state index contributed by atoms with van der Waals surface area (Å²) in [5.74, 6) is 1.88. The number of allylic oxidation sites excluding steroid dienone is 2. The Bertz CT molecular complexity index is 656. The van der Waals surface area contributed by atoms with Gasteiger partial charge in [0.15, 0.2) is 0 Å². The second-order valence-corrected chi connectivity index (χ2v) is 8.39. The van der Waals surface area contributed by atoms with E-state index in [9.17, 15) is 0 Å². The van der Waals surface area contributed by atoms with Crippen molar-refractivity contribution in [2.75, 3.05) is 7.11 Å². The highest BCUT2D eigenvalue weighted by Gasteiger charge is 2.49. The summed E-state index contributed by atoms with van der Waals surface area (Å²) >= 11 is 0. The van der Waals surface area contributed by atoms with E-state index < -0.39 is 0 Å². The molecule has 22 heavy (non-hydrogen) atoms. The predicted octanol–water partition coefficient (Wildman–Crippen LogP) is 5.43. The number of ether oxygens (including phenoxy) is 1. The maximum absolute atomic E-state index is 5.44. The first-order chi connectivity index (χ1) is 10.5. The van der Waals surface area contributed by atoms with E-state index in [1.165, 1.54) is 44.1 Å². The van der Waals surface area contributed by atoms with Crippen molar-refractivity contribution >= 4 is 0 Å². The van der Waals surface area contributed by atoms with Crippen LogP contribution in [0.3, 0.4) is 0 Å². The van der Waals surface area contributed by atoms with Crippen molar-refractivity contribution in [1.82, 2.24) is 0 Å². The first-order valence-electron chi connectivity index (χ1n) is 8.87. The van der Waals surface area contributed by atoms with Crippen LogP contribution in [0, 0.1) is 11.3 Å². The van der Waals surface area contributed by atoms with Gasteiger partial charge in [0.05, 0.1) is 7.11 Å². The average molecular weight is 296 g/mol. The number of hydrogen-bond donors (Lipinski definition) is 0. The lowest BCUT2D eigenvalue weighted by Crippen LogP contribution is -2.38. The quantitative estimate of drug-likeness (QED) is 0.628.